The molecule has 0 radical (unpaired) electrons. The molecule has 106 valence electrons. The van der Waals surface area contributed by atoms with Crippen LogP contribution in [-0.4, -0.2) is 20.6 Å². The maximum absolute atomic E-state index is 12.8. The van der Waals surface area contributed by atoms with Gasteiger partial charge in [0.25, 0.3) is 0 Å². The van der Waals surface area contributed by atoms with E-state index in [1.54, 1.807) is 43.4 Å². The lowest BCUT2D eigenvalue weighted by atomic mass is 10.2. The number of aliphatic hydroxyl groups is 1. The molecular weight excluding hydrogens is 274 g/mol. The monoisotopic (exact) mass is 291 g/mol. The van der Waals surface area contributed by atoms with Gasteiger partial charge in [-0.1, -0.05) is 36.4 Å². The van der Waals surface area contributed by atoms with Gasteiger partial charge in [-0.25, -0.2) is 8.42 Å². The van der Waals surface area contributed by atoms with Crippen LogP contribution in [0.1, 0.15) is 11.1 Å². The number of sulfone groups is 1. The van der Waals surface area contributed by atoms with Crippen LogP contribution in [-0.2, 0) is 23.0 Å². The van der Waals surface area contributed by atoms with Gasteiger partial charge in [0.15, 0.2) is 0 Å². The molecule has 4 nitrogen and oxygen atoms in total. The van der Waals surface area contributed by atoms with Gasteiger partial charge in [0, 0.05) is 6.54 Å². The fourth-order valence-corrected chi connectivity index (χ4v) is 3.83. The molecule has 0 amide bonds. The molecule has 20 heavy (non-hydrogen) atoms. The number of aliphatic hydroxyl groups excluding tert-OH is 1. The Bertz CT molecular complexity index is 696. The third-order valence-corrected chi connectivity index (χ3v) is 5.02. The third-order valence-electron chi connectivity index (χ3n) is 3.06. The highest BCUT2D eigenvalue weighted by atomic mass is 32.2. The van der Waals surface area contributed by atoms with Crippen LogP contribution in [0.2, 0.25) is 0 Å². The predicted molar refractivity (Wildman–Crippen MR) is 77.0 cm³/mol. The van der Waals surface area contributed by atoms with Gasteiger partial charge in [-0.05, 0) is 30.3 Å². The van der Waals surface area contributed by atoms with Gasteiger partial charge in [-0.2, -0.15) is 0 Å². The van der Waals surface area contributed by atoms with Crippen LogP contribution in [0.3, 0.4) is 0 Å². The lowest BCUT2D eigenvalue weighted by Gasteiger charge is -2.12. The van der Waals surface area contributed by atoms with E-state index in [0.29, 0.717) is 17.7 Å². The lowest BCUT2D eigenvalue weighted by Crippen LogP contribution is -2.12. The molecule has 2 rings (SSSR count). The second-order valence-corrected chi connectivity index (χ2v) is 6.29. The first kappa shape index (κ1) is 14.7. The van der Waals surface area contributed by atoms with E-state index in [4.69, 9.17) is 0 Å². The summed E-state index contributed by atoms with van der Waals surface area (Å²) < 4.78 is 25.5. The van der Waals surface area contributed by atoms with E-state index in [2.05, 4.69) is 5.32 Å². The Hall–Kier alpha value is -1.69. The molecule has 0 saturated carbocycles. The quantitative estimate of drug-likeness (QED) is 0.880. The maximum atomic E-state index is 12.8. The maximum Gasteiger partial charge on any atom is 0.207 e. The highest BCUT2D eigenvalue weighted by Gasteiger charge is 2.23. The van der Waals surface area contributed by atoms with Crippen molar-refractivity contribution in [1.29, 1.82) is 0 Å². The Balaban J connectivity index is 2.61. The van der Waals surface area contributed by atoms with Crippen LogP contribution in [0.25, 0.3) is 0 Å². The number of benzene rings is 2. The molecule has 0 heterocycles. The van der Waals surface area contributed by atoms with Gasteiger partial charge in [0.05, 0.1) is 16.4 Å². The van der Waals surface area contributed by atoms with Gasteiger partial charge in [0.2, 0.25) is 9.84 Å². The third kappa shape index (κ3) is 2.75. The zero-order chi connectivity index (χ0) is 14.6. The number of rotatable bonds is 5. The first-order valence-electron chi connectivity index (χ1n) is 6.27. The van der Waals surface area contributed by atoms with Crippen LogP contribution in [0.5, 0.6) is 0 Å². The fraction of sp³-hybridized carbons (Fsp3) is 0.200. The highest BCUT2D eigenvalue weighted by Crippen LogP contribution is 2.26. The molecule has 0 atom stereocenters. The molecule has 0 aliphatic rings. The molecule has 0 fully saturated rings. The summed E-state index contributed by atoms with van der Waals surface area (Å²) in [4.78, 5) is 0.432. The SMILES string of the molecule is CNCc1ccccc1S(=O)(=O)c1ccccc1CO. The highest BCUT2D eigenvalue weighted by molar-refractivity contribution is 7.91. The Morgan fingerprint density at radius 1 is 0.950 bits per heavy atom. The second kappa shape index (κ2) is 6.17. The van der Waals surface area contributed by atoms with Crippen LogP contribution in [0.15, 0.2) is 58.3 Å². The fourth-order valence-electron chi connectivity index (χ4n) is 2.12. The molecule has 0 spiro atoms. The van der Waals surface area contributed by atoms with Gasteiger partial charge in [-0.3, -0.25) is 0 Å². The summed E-state index contributed by atoms with van der Waals surface area (Å²) in [5.41, 5.74) is 1.12. The number of hydrogen-bond acceptors (Lipinski definition) is 4. The van der Waals surface area contributed by atoms with Crippen molar-refractivity contribution in [3.05, 3.63) is 59.7 Å². The first-order valence-corrected chi connectivity index (χ1v) is 7.76. The molecule has 2 aromatic carbocycles. The van der Waals surface area contributed by atoms with Crippen molar-refractivity contribution in [3.8, 4) is 0 Å². The van der Waals surface area contributed by atoms with Gasteiger partial charge in [0.1, 0.15) is 0 Å². The lowest BCUT2D eigenvalue weighted by molar-refractivity contribution is 0.278. The van der Waals surface area contributed by atoms with Crippen molar-refractivity contribution < 1.29 is 13.5 Å². The standard InChI is InChI=1S/C15H17NO3S/c1-16-10-12-6-2-4-8-14(12)20(18,19)15-9-5-3-7-13(15)11-17/h2-9,16-17H,10-11H2,1H3. The van der Waals surface area contributed by atoms with E-state index in [1.807, 2.05) is 6.07 Å². The van der Waals surface area contributed by atoms with Crippen LogP contribution < -0.4 is 5.32 Å². The molecule has 2 N–H and O–H groups in total. The largest absolute Gasteiger partial charge is 0.392 e. The Morgan fingerprint density at radius 3 is 2.00 bits per heavy atom. The summed E-state index contributed by atoms with van der Waals surface area (Å²) in [6.07, 6.45) is 0. The van der Waals surface area contributed by atoms with Gasteiger partial charge >= 0.3 is 0 Å². The van der Waals surface area contributed by atoms with E-state index < -0.39 is 9.84 Å². The van der Waals surface area contributed by atoms with Crippen molar-refractivity contribution in [2.45, 2.75) is 22.9 Å². The minimum absolute atomic E-state index is 0.158. The Labute approximate surface area is 119 Å². The smallest absolute Gasteiger partial charge is 0.207 e. The second-order valence-electron chi connectivity index (χ2n) is 4.41. The van der Waals surface area contributed by atoms with Crippen molar-refractivity contribution in [3.63, 3.8) is 0 Å². The number of nitrogens with one attached hydrogen (secondary N) is 1. The van der Waals surface area contributed by atoms with Crippen molar-refractivity contribution >= 4 is 9.84 Å². The summed E-state index contributed by atoms with van der Waals surface area (Å²) >= 11 is 0. The van der Waals surface area contributed by atoms with Crippen molar-refractivity contribution in [1.82, 2.24) is 5.32 Å². The van der Waals surface area contributed by atoms with Gasteiger partial charge < -0.3 is 10.4 Å². The first-order chi connectivity index (χ1) is 9.61. The molecule has 0 aliphatic carbocycles. The molecule has 5 heteroatoms. The Kier molecular flexibility index (Phi) is 4.54. The molecule has 0 unspecified atom stereocenters. The average Bonchev–Trinajstić information content (AvgIpc) is 2.48. The summed E-state index contributed by atoms with van der Waals surface area (Å²) in [5, 5.41) is 12.3. The van der Waals surface area contributed by atoms with E-state index >= 15 is 0 Å². The molecular formula is C15H17NO3S. The Morgan fingerprint density at radius 2 is 1.45 bits per heavy atom. The normalized spacial score (nSPS) is 11.5. The van der Waals surface area contributed by atoms with E-state index in [9.17, 15) is 13.5 Å². The van der Waals surface area contributed by atoms with E-state index in [1.165, 1.54) is 6.07 Å². The minimum atomic E-state index is -3.63. The van der Waals surface area contributed by atoms with E-state index in [-0.39, 0.29) is 16.4 Å². The topological polar surface area (TPSA) is 66.4 Å². The number of hydrogen-bond donors (Lipinski definition) is 2. The van der Waals surface area contributed by atoms with E-state index in [0.717, 1.165) is 0 Å². The van der Waals surface area contributed by atoms with Crippen LogP contribution in [0.4, 0.5) is 0 Å². The zero-order valence-electron chi connectivity index (χ0n) is 11.2. The molecule has 2 aromatic rings. The summed E-state index contributed by atoms with van der Waals surface area (Å²) in [6.45, 7) is 0.167. The summed E-state index contributed by atoms with van der Waals surface area (Å²) in [5.74, 6) is 0. The van der Waals surface area contributed by atoms with Gasteiger partial charge in [-0.15, -0.1) is 0 Å². The van der Waals surface area contributed by atoms with Crippen LogP contribution in [0, 0.1) is 0 Å². The van der Waals surface area contributed by atoms with Crippen molar-refractivity contribution in [2.75, 3.05) is 7.05 Å². The summed E-state index contributed by atoms with van der Waals surface area (Å²) in [7, 11) is -1.87. The predicted octanol–water partition coefficient (Wildman–Crippen LogP) is 1.73. The molecule has 0 saturated heterocycles. The molecule has 0 aliphatic heterocycles. The van der Waals surface area contributed by atoms with Crippen molar-refractivity contribution in [2.24, 2.45) is 0 Å². The molecule has 0 bridgehead atoms. The zero-order valence-corrected chi connectivity index (χ0v) is 12.0. The summed E-state index contributed by atoms with van der Waals surface area (Å²) in [6, 6.07) is 13.4. The average molecular weight is 291 g/mol. The molecule has 0 aromatic heterocycles. The van der Waals surface area contributed by atoms with Crippen LogP contribution >= 0.6 is 0 Å². The minimum Gasteiger partial charge on any atom is -0.392 e.